The number of fused-ring (bicyclic) bond motifs is 1. The maximum absolute atomic E-state index is 6.00. The van der Waals surface area contributed by atoms with E-state index >= 15 is 0 Å². The fourth-order valence-electron chi connectivity index (χ4n) is 1.97. The van der Waals surface area contributed by atoms with Gasteiger partial charge in [-0.25, -0.2) is 4.52 Å². The van der Waals surface area contributed by atoms with Crippen molar-refractivity contribution in [3.05, 3.63) is 24.5 Å². The Morgan fingerprint density at radius 3 is 2.50 bits per heavy atom. The highest BCUT2D eigenvalue weighted by Crippen LogP contribution is 2.36. The molecule has 0 radical (unpaired) electrons. The first-order valence-electron chi connectivity index (χ1n) is 6.05. The molecule has 94 valence electrons. The first-order valence-corrected chi connectivity index (χ1v) is 6.05. The molecular formula is C12H16BN3O2. The van der Waals surface area contributed by atoms with Crippen molar-refractivity contribution in [2.24, 2.45) is 0 Å². The van der Waals surface area contributed by atoms with Crippen molar-refractivity contribution in [1.82, 2.24) is 14.8 Å². The quantitative estimate of drug-likeness (QED) is 0.704. The van der Waals surface area contributed by atoms with Gasteiger partial charge >= 0.3 is 7.12 Å². The third-order valence-corrected chi connectivity index (χ3v) is 3.85. The van der Waals surface area contributed by atoms with Crippen molar-refractivity contribution in [3.63, 3.8) is 0 Å². The zero-order valence-corrected chi connectivity index (χ0v) is 11.0. The van der Waals surface area contributed by atoms with Crippen LogP contribution in [-0.4, -0.2) is 33.1 Å². The van der Waals surface area contributed by atoms with E-state index in [0.29, 0.717) is 0 Å². The predicted octanol–water partition coefficient (Wildman–Crippen LogP) is 1.03. The molecule has 0 atom stereocenters. The molecule has 1 fully saturated rings. The van der Waals surface area contributed by atoms with Gasteiger partial charge in [0.2, 0.25) is 0 Å². The van der Waals surface area contributed by atoms with Crippen LogP contribution in [0.4, 0.5) is 0 Å². The molecule has 0 saturated carbocycles. The largest absolute Gasteiger partial charge is 0.494 e. The Kier molecular flexibility index (Phi) is 2.31. The monoisotopic (exact) mass is 245 g/mol. The van der Waals surface area contributed by atoms with E-state index in [1.165, 1.54) is 0 Å². The fraction of sp³-hybridized carbons (Fsp3) is 0.500. The molecule has 18 heavy (non-hydrogen) atoms. The van der Waals surface area contributed by atoms with Crippen molar-refractivity contribution in [1.29, 1.82) is 0 Å². The Morgan fingerprint density at radius 2 is 1.83 bits per heavy atom. The Morgan fingerprint density at radius 1 is 1.17 bits per heavy atom. The van der Waals surface area contributed by atoms with Crippen molar-refractivity contribution < 1.29 is 9.31 Å². The lowest BCUT2D eigenvalue weighted by atomic mass is 9.79. The minimum absolute atomic E-state index is 0.317. The van der Waals surface area contributed by atoms with E-state index in [1.54, 1.807) is 10.7 Å². The minimum atomic E-state index is -0.338. The molecule has 0 amide bonds. The molecule has 2 aromatic rings. The van der Waals surface area contributed by atoms with Gasteiger partial charge in [-0.2, -0.15) is 0 Å². The van der Waals surface area contributed by atoms with E-state index in [0.717, 1.165) is 11.0 Å². The van der Waals surface area contributed by atoms with Crippen molar-refractivity contribution in [2.75, 3.05) is 0 Å². The van der Waals surface area contributed by atoms with Gasteiger partial charge in [0.25, 0.3) is 0 Å². The lowest BCUT2D eigenvalue weighted by Crippen LogP contribution is -2.41. The van der Waals surface area contributed by atoms with E-state index in [-0.39, 0.29) is 18.3 Å². The zero-order chi connectivity index (χ0) is 13.0. The SMILES string of the molecule is CC1(C)OB(c2ccn3nncc3c2)OC1(C)C. The van der Waals surface area contributed by atoms with Crippen LogP contribution in [0.3, 0.4) is 0 Å². The molecule has 0 spiro atoms. The second-order valence-electron chi connectivity index (χ2n) is 5.65. The molecule has 1 saturated heterocycles. The van der Waals surface area contributed by atoms with Gasteiger partial charge in [0.05, 0.1) is 22.9 Å². The Hall–Kier alpha value is -1.40. The standard InChI is InChI=1S/C12H16BN3O2/c1-11(2)12(3,4)18-13(17-11)9-5-6-16-10(7-9)8-14-15-16/h5-8H,1-4H3. The molecule has 1 aliphatic heterocycles. The molecule has 0 aliphatic carbocycles. The van der Waals surface area contributed by atoms with Crippen LogP contribution in [0, 0.1) is 0 Å². The highest BCUT2D eigenvalue weighted by Gasteiger charge is 2.51. The summed E-state index contributed by atoms with van der Waals surface area (Å²) in [7, 11) is -0.338. The zero-order valence-electron chi connectivity index (χ0n) is 11.0. The van der Waals surface area contributed by atoms with Gasteiger partial charge in [0, 0.05) is 6.20 Å². The highest BCUT2D eigenvalue weighted by atomic mass is 16.7. The predicted molar refractivity (Wildman–Crippen MR) is 68.7 cm³/mol. The minimum Gasteiger partial charge on any atom is -0.399 e. The van der Waals surface area contributed by atoms with Gasteiger partial charge in [-0.3, -0.25) is 0 Å². The van der Waals surface area contributed by atoms with E-state index in [2.05, 4.69) is 10.3 Å². The third-order valence-electron chi connectivity index (χ3n) is 3.85. The Bertz CT molecular complexity index is 578. The topological polar surface area (TPSA) is 48.7 Å². The average molecular weight is 245 g/mol. The second-order valence-corrected chi connectivity index (χ2v) is 5.65. The summed E-state index contributed by atoms with van der Waals surface area (Å²) in [6.07, 6.45) is 3.58. The van der Waals surface area contributed by atoms with Gasteiger partial charge in [-0.1, -0.05) is 5.21 Å². The summed E-state index contributed by atoms with van der Waals surface area (Å²) in [5.41, 5.74) is 1.29. The van der Waals surface area contributed by atoms with Gasteiger partial charge < -0.3 is 9.31 Å². The maximum atomic E-state index is 6.00. The van der Waals surface area contributed by atoms with Crippen molar-refractivity contribution >= 4 is 18.1 Å². The first kappa shape index (κ1) is 11.7. The molecule has 0 aromatic carbocycles. The number of pyridine rings is 1. The van der Waals surface area contributed by atoms with Crippen LogP contribution in [0.1, 0.15) is 27.7 Å². The molecule has 3 heterocycles. The van der Waals surface area contributed by atoms with Crippen LogP contribution in [-0.2, 0) is 9.31 Å². The van der Waals surface area contributed by atoms with E-state index in [9.17, 15) is 0 Å². The number of aromatic nitrogens is 3. The maximum Gasteiger partial charge on any atom is 0.494 e. The van der Waals surface area contributed by atoms with Crippen molar-refractivity contribution in [3.8, 4) is 0 Å². The fourth-order valence-corrected chi connectivity index (χ4v) is 1.97. The molecule has 1 aliphatic rings. The third kappa shape index (κ3) is 1.64. The smallest absolute Gasteiger partial charge is 0.399 e. The normalized spacial score (nSPS) is 21.7. The number of hydrogen-bond donors (Lipinski definition) is 0. The van der Waals surface area contributed by atoms with E-state index in [1.807, 2.05) is 46.0 Å². The number of nitrogens with zero attached hydrogens (tertiary/aromatic N) is 3. The first-order chi connectivity index (χ1) is 8.39. The summed E-state index contributed by atoms with van der Waals surface area (Å²) in [5.74, 6) is 0. The summed E-state index contributed by atoms with van der Waals surface area (Å²) < 4.78 is 13.7. The molecule has 0 bridgehead atoms. The molecule has 6 heteroatoms. The lowest BCUT2D eigenvalue weighted by Gasteiger charge is -2.32. The van der Waals surface area contributed by atoms with Crippen LogP contribution in [0.25, 0.3) is 5.52 Å². The Labute approximate surface area is 106 Å². The Balaban J connectivity index is 1.96. The average Bonchev–Trinajstić information content (AvgIpc) is 2.80. The van der Waals surface area contributed by atoms with Gasteiger partial charge in [-0.15, -0.1) is 5.10 Å². The lowest BCUT2D eigenvalue weighted by molar-refractivity contribution is 0.00578. The summed E-state index contributed by atoms with van der Waals surface area (Å²) in [4.78, 5) is 0. The van der Waals surface area contributed by atoms with Gasteiger partial charge in [0.15, 0.2) is 0 Å². The molecule has 0 N–H and O–H groups in total. The van der Waals surface area contributed by atoms with E-state index in [4.69, 9.17) is 9.31 Å². The van der Waals surface area contributed by atoms with E-state index < -0.39 is 0 Å². The summed E-state index contributed by atoms with van der Waals surface area (Å²) >= 11 is 0. The molecule has 5 nitrogen and oxygen atoms in total. The molecule has 2 aromatic heterocycles. The van der Waals surface area contributed by atoms with Crippen LogP contribution in [0.15, 0.2) is 24.5 Å². The summed E-state index contributed by atoms with van der Waals surface area (Å²) in [6.45, 7) is 8.19. The summed E-state index contributed by atoms with van der Waals surface area (Å²) in [6, 6.07) is 3.94. The number of hydrogen-bond acceptors (Lipinski definition) is 4. The van der Waals surface area contributed by atoms with Crippen LogP contribution >= 0.6 is 0 Å². The van der Waals surface area contributed by atoms with Crippen LogP contribution in [0.2, 0.25) is 0 Å². The van der Waals surface area contributed by atoms with Crippen LogP contribution in [0.5, 0.6) is 0 Å². The van der Waals surface area contributed by atoms with Gasteiger partial charge in [-0.05, 0) is 45.3 Å². The molecular weight excluding hydrogens is 229 g/mol. The highest BCUT2D eigenvalue weighted by molar-refractivity contribution is 6.62. The van der Waals surface area contributed by atoms with Gasteiger partial charge in [0.1, 0.15) is 0 Å². The molecule has 0 unspecified atom stereocenters. The second kappa shape index (κ2) is 3.55. The number of rotatable bonds is 1. The molecule has 3 rings (SSSR count). The van der Waals surface area contributed by atoms with Crippen molar-refractivity contribution in [2.45, 2.75) is 38.9 Å². The summed E-state index contributed by atoms with van der Waals surface area (Å²) in [5, 5.41) is 7.79. The van der Waals surface area contributed by atoms with Crippen LogP contribution < -0.4 is 5.46 Å².